The maximum atomic E-state index is 14.1. The molecule has 0 amide bonds. The molecule has 0 aliphatic carbocycles. The fourth-order valence-electron chi connectivity index (χ4n) is 3.95. The Kier molecular flexibility index (Phi) is 3.83. The predicted molar refractivity (Wildman–Crippen MR) is 103 cm³/mol. The van der Waals surface area contributed by atoms with Crippen molar-refractivity contribution in [2.75, 3.05) is 13.7 Å². The zero-order valence-electron chi connectivity index (χ0n) is 15.0. The summed E-state index contributed by atoms with van der Waals surface area (Å²) in [6, 6.07) is 13.3. The lowest BCUT2D eigenvalue weighted by Crippen LogP contribution is -2.14. The van der Waals surface area contributed by atoms with Crippen LogP contribution in [0.25, 0.3) is 21.8 Å². The van der Waals surface area contributed by atoms with Crippen molar-refractivity contribution in [1.82, 2.24) is 9.97 Å². The third-order valence-electron chi connectivity index (χ3n) is 5.23. The molecule has 0 radical (unpaired) electrons. The van der Waals surface area contributed by atoms with Gasteiger partial charge in [-0.05, 0) is 23.8 Å². The van der Waals surface area contributed by atoms with E-state index in [9.17, 15) is 4.39 Å². The molecule has 0 saturated carbocycles. The smallest absolute Gasteiger partial charge is 0.165 e. The Morgan fingerprint density at radius 2 is 2.11 bits per heavy atom. The Balaban J connectivity index is 1.71. The van der Waals surface area contributed by atoms with Gasteiger partial charge in [-0.2, -0.15) is 0 Å². The normalized spacial score (nSPS) is 13.9. The Morgan fingerprint density at radius 3 is 2.96 bits per heavy atom. The number of benzene rings is 2. The number of hydrogen-bond donors (Lipinski definition) is 1. The minimum atomic E-state index is -0.353. The Labute approximate surface area is 155 Å². The Hall–Kier alpha value is -2.92. The van der Waals surface area contributed by atoms with Gasteiger partial charge < -0.3 is 14.5 Å². The molecule has 0 unspecified atom stereocenters. The lowest BCUT2D eigenvalue weighted by atomic mass is 9.99. The molecule has 4 nitrogen and oxygen atoms in total. The first-order valence-corrected chi connectivity index (χ1v) is 9.06. The van der Waals surface area contributed by atoms with E-state index in [1.54, 1.807) is 6.07 Å². The highest BCUT2D eigenvalue weighted by Crippen LogP contribution is 2.34. The molecule has 5 heteroatoms. The molecule has 3 heterocycles. The summed E-state index contributed by atoms with van der Waals surface area (Å²) in [5.41, 5.74) is 6.15. The number of halogens is 1. The van der Waals surface area contributed by atoms with Gasteiger partial charge in [0, 0.05) is 40.4 Å². The molecule has 4 aromatic rings. The molecular weight excluding hydrogens is 343 g/mol. The van der Waals surface area contributed by atoms with Gasteiger partial charge in [0.2, 0.25) is 0 Å². The summed E-state index contributed by atoms with van der Waals surface area (Å²) < 4.78 is 24.9. The molecule has 0 fully saturated rings. The summed E-state index contributed by atoms with van der Waals surface area (Å²) in [7, 11) is 1.47. The molecule has 1 aliphatic heterocycles. The predicted octanol–water partition coefficient (Wildman–Crippen LogP) is 4.53. The maximum Gasteiger partial charge on any atom is 0.165 e. The summed E-state index contributed by atoms with van der Waals surface area (Å²) in [4.78, 5) is 8.46. The zero-order valence-corrected chi connectivity index (χ0v) is 15.0. The number of ether oxygens (including phenoxy) is 2. The van der Waals surface area contributed by atoms with Crippen molar-refractivity contribution < 1.29 is 13.9 Å². The van der Waals surface area contributed by atoms with Gasteiger partial charge in [0.15, 0.2) is 11.6 Å². The van der Waals surface area contributed by atoms with Gasteiger partial charge in [-0.25, -0.2) is 4.39 Å². The topological polar surface area (TPSA) is 47.1 Å². The van der Waals surface area contributed by atoms with Crippen LogP contribution < -0.4 is 4.74 Å². The van der Waals surface area contributed by atoms with E-state index in [0.717, 1.165) is 34.4 Å². The number of methoxy groups -OCH3 is 1. The highest BCUT2D eigenvalue weighted by Gasteiger charge is 2.21. The van der Waals surface area contributed by atoms with Gasteiger partial charge >= 0.3 is 0 Å². The second kappa shape index (κ2) is 6.35. The number of hydrogen-bond acceptors (Lipinski definition) is 3. The monoisotopic (exact) mass is 362 g/mol. The highest BCUT2D eigenvalue weighted by molar-refractivity contribution is 6.09. The summed E-state index contributed by atoms with van der Waals surface area (Å²) in [5.74, 6) is -0.0979. The highest BCUT2D eigenvalue weighted by atomic mass is 19.1. The number of aromatic amines is 1. The molecule has 0 saturated heterocycles. The summed E-state index contributed by atoms with van der Waals surface area (Å²) in [5, 5.41) is 2.36. The lowest BCUT2D eigenvalue weighted by molar-refractivity contribution is 0.110. The van der Waals surface area contributed by atoms with E-state index in [2.05, 4.69) is 17.1 Å². The van der Waals surface area contributed by atoms with Crippen LogP contribution in [-0.2, 0) is 24.2 Å². The number of H-pyrrole nitrogens is 1. The van der Waals surface area contributed by atoms with Crippen molar-refractivity contribution in [3.8, 4) is 5.75 Å². The third kappa shape index (κ3) is 2.66. The largest absolute Gasteiger partial charge is 0.494 e. The van der Waals surface area contributed by atoms with E-state index in [4.69, 9.17) is 14.5 Å². The van der Waals surface area contributed by atoms with E-state index < -0.39 is 0 Å². The van der Waals surface area contributed by atoms with Crippen LogP contribution in [0.3, 0.4) is 0 Å². The van der Waals surface area contributed by atoms with Crippen molar-refractivity contribution in [2.24, 2.45) is 0 Å². The van der Waals surface area contributed by atoms with E-state index >= 15 is 0 Å². The maximum absolute atomic E-state index is 14.1. The van der Waals surface area contributed by atoms with Gasteiger partial charge in [0.1, 0.15) is 0 Å². The third-order valence-corrected chi connectivity index (χ3v) is 5.23. The minimum absolute atomic E-state index is 0.255. The molecule has 2 aromatic carbocycles. The molecule has 27 heavy (non-hydrogen) atoms. The second-order valence-corrected chi connectivity index (χ2v) is 6.85. The van der Waals surface area contributed by atoms with Crippen LogP contribution in [0, 0.1) is 5.82 Å². The number of para-hydroxylation sites is 1. The molecule has 1 aliphatic rings. The number of rotatable bonds is 3. The number of nitrogens with zero attached hydrogens (tertiary/aromatic N) is 1. The molecule has 0 bridgehead atoms. The second-order valence-electron chi connectivity index (χ2n) is 6.85. The molecule has 0 spiro atoms. The van der Waals surface area contributed by atoms with Gasteiger partial charge in [0.05, 0.1) is 31.5 Å². The number of nitrogens with one attached hydrogen (secondary N) is 1. The minimum Gasteiger partial charge on any atom is -0.494 e. The summed E-state index contributed by atoms with van der Waals surface area (Å²) in [6.45, 7) is 1.27. The van der Waals surface area contributed by atoms with Crippen molar-refractivity contribution in [3.63, 3.8) is 0 Å². The van der Waals surface area contributed by atoms with E-state index in [0.29, 0.717) is 19.6 Å². The summed E-state index contributed by atoms with van der Waals surface area (Å²) >= 11 is 0. The fourth-order valence-corrected chi connectivity index (χ4v) is 3.95. The molecule has 2 aromatic heterocycles. The molecule has 5 rings (SSSR count). The molecular formula is C22H19FN2O2. The molecule has 0 atom stereocenters. The van der Waals surface area contributed by atoms with Crippen molar-refractivity contribution in [3.05, 3.63) is 70.8 Å². The first kappa shape index (κ1) is 16.3. The lowest BCUT2D eigenvalue weighted by Gasteiger charge is -2.18. The number of aromatic nitrogens is 2. The van der Waals surface area contributed by atoms with E-state index in [1.807, 2.05) is 18.2 Å². The van der Waals surface area contributed by atoms with Crippen LogP contribution >= 0.6 is 0 Å². The van der Waals surface area contributed by atoms with Gasteiger partial charge in [-0.3, -0.25) is 4.98 Å². The average Bonchev–Trinajstić information content (AvgIpc) is 3.08. The van der Waals surface area contributed by atoms with E-state index in [1.165, 1.54) is 29.5 Å². The first-order valence-electron chi connectivity index (χ1n) is 9.06. The van der Waals surface area contributed by atoms with Crippen LogP contribution in [0.15, 0.2) is 42.5 Å². The quantitative estimate of drug-likeness (QED) is 0.583. The van der Waals surface area contributed by atoms with E-state index in [-0.39, 0.29) is 11.6 Å². The van der Waals surface area contributed by atoms with Crippen molar-refractivity contribution in [1.29, 1.82) is 0 Å². The molecule has 1 N–H and O–H groups in total. The van der Waals surface area contributed by atoms with Crippen molar-refractivity contribution >= 4 is 21.8 Å². The SMILES string of the molecule is COc1ccc(Cc2nc3c(c4c2[nH]c2ccccc24)COCC3)cc1F. The van der Waals surface area contributed by atoms with Crippen LogP contribution in [0.1, 0.15) is 22.5 Å². The zero-order chi connectivity index (χ0) is 18.4. The Bertz CT molecular complexity index is 1170. The summed E-state index contributed by atoms with van der Waals surface area (Å²) in [6.07, 6.45) is 1.35. The number of pyridine rings is 1. The standard InChI is InChI=1S/C22H19FN2O2/c1-26-20-7-6-13(10-16(20)23)11-19-22-21(14-4-2-3-5-17(14)25-22)15-12-27-9-8-18(15)24-19/h2-7,10,25H,8-9,11-12H2,1H3. The fraction of sp³-hybridized carbons (Fsp3) is 0.227. The molecule has 136 valence electrons. The average molecular weight is 362 g/mol. The van der Waals surface area contributed by atoms with Gasteiger partial charge in [-0.15, -0.1) is 0 Å². The van der Waals surface area contributed by atoms with Crippen LogP contribution in [0.4, 0.5) is 4.39 Å². The first-order chi connectivity index (χ1) is 13.2. The number of fused-ring (bicyclic) bond motifs is 5. The van der Waals surface area contributed by atoms with Crippen LogP contribution in [0.2, 0.25) is 0 Å². The van der Waals surface area contributed by atoms with Crippen LogP contribution in [0.5, 0.6) is 5.75 Å². The van der Waals surface area contributed by atoms with Gasteiger partial charge in [0.25, 0.3) is 0 Å². The van der Waals surface area contributed by atoms with Gasteiger partial charge in [-0.1, -0.05) is 24.3 Å². The Morgan fingerprint density at radius 1 is 1.22 bits per heavy atom. The van der Waals surface area contributed by atoms with Crippen LogP contribution in [-0.4, -0.2) is 23.7 Å². The van der Waals surface area contributed by atoms with Crippen molar-refractivity contribution in [2.45, 2.75) is 19.4 Å².